The summed E-state index contributed by atoms with van der Waals surface area (Å²) >= 11 is 3.48. The first-order valence-corrected chi connectivity index (χ1v) is 8.58. The molecular weight excluding hydrogens is 356 g/mol. The molecule has 0 radical (unpaired) electrons. The summed E-state index contributed by atoms with van der Waals surface area (Å²) in [5.41, 5.74) is 9.47. The van der Waals surface area contributed by atoms with Crippen LogP contribution in [0.2, 0.25) is 0 Å². The van der Waals surface area contributed by atoms with Gasteiger partial charge in [-0.2, -0.15) is 5.10 Å². The summed E-state index contributed by atoms with van der Waals surface area (Å²) in [4.78, 5) is 14.6. The van der Waals surface area contributed by atoms with Crippen molar-refractivity contribution < 1.29 is 4.79 Å². The molecule has 2 N–H and O–H groups in total. The highest BCUT2D eigenvalue weighted by atomic mass is 79.9. The molecule has 5 nitrogen and oxygen atoms in total. The Labute approximate surface area is 144 Å². The average molecular weight is 377 g/mol. The number of amides is 1. The van der Waals surface area contributed by atoms with Crippen molar-refractivity contribution in [1.29, 1.82) is 0 Å². The smallest absolute Gasteiger partial charge is 0.257 e. The summed E-state index contributed by atoms with van der Waals surface area (Å²) < 4.78 is 2.94. The molecule has 0 bridgehead atoms. The van der Waals surface area contributed by atoms with Gasteiger partial charge in [0.2, 0.25) is 0 Å². The van der Waals surface area contributed by atoms with Crippen LogP contribution in [0.15, 0.2) is 28.7 Å². The highest BCUT2D eigenvalue weighted by Gasteiger charge is 2.28. The molecule has 0 aliphatic carbocycles. The topological polar surface area (TPSA) is 64.2 Å². The molecule has 1 atom stereocenters. The van der Waals surface area contributed by atoms with Crippen LogP contribution in [-0.2, 0) is 6.54 Å². The third-order valence-electron chi connectivity index (χ3n) is 4.33. The lowest BCUT2D eigenvalue weighted by atomic mass is 10.1. The molecule has 3 rings (SSSR count). The van der Waals surface area contributed by atoms with E-state index in [0.29, 0.717) is 18.7 Å². The Morgan fingerprint density at radius 3 is 2.87 bits per heavy atom. The summed E-state index contributed by atoms with van der Waals surface area (Å²) in [7, 11) is 0. The largest absolute Gasteiger partial charge is 0.337 e. The number of aryl methyl sites for hydroxylation is 1. The number of carbonyl (C=O) groups is 1. The summed E-state index contributed by atoms with van der Waals surface area (Å²) in [5, 5.41) is 4.57. The van der Waals surface area contributed by atoms with Gasteiger partial charge in [0, 0.05) is 29.3 Å². The number of nitrogens with zero attached hydrogens (tertiary/aromatic N) is 3. The van der Waals surface area contributed by atoms with E-state index in [1.165, 1.54) is 0 Å². The predicted octanol–water partition coefficient (Wildman–Crippen LogP) is 2.48. The number of rotatable bonds is 3. The first-order chi connectivity index (χ1) is 11.0. The molecule has 0 unspecified atom stereocenters. The maximum absolute atomic E-state index is 12.8. The number of aromatic nitrogens is 2. The molecule has 1 amide bonds. The minimum absolute atomic E-state index is 0.0495. The van der Waals surface area contributed by atoms with E-state index < -0.39 is 0 Å². The third kappa shape index (κ3) is 3.33. The Bertz CT molecular complexity index is 740. The Morgan fingerprint density at radius 1 is 1.43 bits per heavy atom. The van der Waals surface area contributed by atoms with Crippen LogP contribution in [0.1, 0.15) is 33.7 Å². The highest BCUT2D eigenvalue weighted by molar-refractivity contribution is 9.10. The minimum atomic E-state index is 0.0495. The Hall–Kier alpha value is -1.66. The van der Waals surface area contributed by atoms with E-state index in [-0.39, 0.29) is 11.9 Å². The van der Waals surface area contributed by atoms with Gasteiger partial charge in [0.1, 0.15) is 0 Å². The van der Waals surface area contributed by atoms with Crippen LogP contribution in [-0.4, -0.2) is 39.7 Å². The van der Waals surface area contributed by atoms with Crippen molar-refractivity contribution in [3.05, 3.63) is 51.3 Å². The van der Waals surface area contributed by atoms with Gasteiger partial charge in [-0.15, -0.1) is 0 Å². The molecule has 0 spiro atoms. The second kappa shape index (κ2) is 6.45. The lowest BCUT2D eigenvalue weighted by Crippen LogP contribution is -2.32. The molecule has 1 aromatic heterocycles. The lowest BCUT2D eigenvalue weighted by molar-refractivity contribution is 0.0789. The van der Waals surface area contributed by atoms with Crippen LogP contribution < -0.4 is 5.73 Å². The molecule has 1 aliphatic heterocycles. The normalized spacial score (nSPS) is 17.7. The molecular formula is C17H21BrN4O. The van der Waals surface area contributed by atoms with Crippen LogP contribution in [0.4, 0.5) is 0 Å². The number of benzene rings is 1. The fourth-order valence-corrected chi connectivity index (χ4v) is 3.55. The summed E-state index contributed by atoms with van der Waals surface area (Å²) in [6, 6.07) is 8.22. The maximum Gasteiger partial charge on any atom is 0.257 e. The van der Waals surface area contributed by atoms with E-state index in [1.807, 2.05) is 35.6 Å². The number of likely N-dealkylation sites (tertiary alicyclic amines) is 1. The first kappa shape index (κ1) is 16.2. The zero-order valence-electron chi connectivity index (χ0n) is 13.4. The second-order valence-electron chi connectivity index (χ2n) is 6.13. The molecule has 0 saturated carbocycles. The molecule has 2 heterocycles. The van der Waals surface area contributed by atoms with E-state index >= 15 is 0 Å². The number of nitrogens with two attached hydrogens (primary N) is 1. The van der Waals surface area contributed by atoms with Crippen molar-refractivity contribution in [3.8, 4) is 0 Å². The quantitative estimate of drug-likeness (QED) is 0.894. The SMILES string of the molecule is Cc1nn(Cc2cccc(Br)c2)c(C)c1C(=O)N1CC[C@@H](N)C1. The van der Waals surface area contributed by atoms with Crippen molar-refractivity contribution in [2.45, 2.75) is 32.9 Å². The molecule has 1 fully saturated rings. The van der Waals surface area contributed by atoms with Crippen molar-refractivity contribution >= 4 is 21.8 Å². The standard InChI is InChI=1S/C17H21BrN4O/c1-11-16(17(23)21-7-6-15(19)10-21)12(2)22(20-11)9-13-4-3-5-14(18)8-13/h3-5,8,15H,6-7,9-10,19H2,1-2H3/t15-/m1/s1. The first-order valence-electron chi connectivity index (χ1n) is 7.79. The molecule has 2 aromatic rings. The summed E-state index contributed by atoms with van der Waals surface area (Å²) in [6.45, 7) is 5.87. The number of hydrogen-bond acceptors (Lipinski definition) is 3. The molecule has 1 aromatic carbocycles. The molecule has 122 valence electrons. The maximum atomic E-state index is 12.8. The van der Waals surface area contributed by atoms with Gasteiger partial charge in [-0.25, -0.2) is 0 Å². The summed E-state index contributed by atoms with van der Waals surface area (Å²) in [5.74, 6) is 0.0495. The van der Waals surface area contributed by atoms with Gasteiger partial charge in [-0.3, -0.25) is 9.48 Å². The van der Waals surface area contributed by atoms with Crippen LogP contribution in [0.3, 0.4) is 0 Å². The van der Waals surface area contributed by atoms with Crippen molar-refractivity contribution in [2.24, 2.45) is 5.73 Å². The van der Waals surface area contributed by atoms with Gasteiger partial charge >= 0.3 is 0 Å². The molecule has 1 aliphatic rings. The van der Waals surface area contributed by atoms with Crippen molar-refractivity contribution in [3.63, 3.8) is 0 Å². The molecule has 23 heavy (non-hydrogen) atoms. The zero-order valence-corrected chi connectivity index (χ0v) is 15.0. The predicted molar refractivity (Wildman–Crippen MR) is 93.4 cm³/mol. The van der Waals surface area contributed by atoms with Gasteiger partial charge in [-0.1, -0.05) is 28.1 Å². The van der Waals surface area contributed by atoms with Gasteiger partial charge in [0.25, 0.3) is 5.91 Å². The van der Waals surface area contributed by atoms with Crippen LogP contribution in [0, 0.1) is 13.8 Å². The van der Waals surface area contributed by atoms with Crippen molar-refractivity contribution in [2.75, 3.05) is 13.1 Å². The average Bonchev–Trinajstić information content (AvgIpc) is 3.03. The van der Waals surface area contributed by atoms with Gasteiger partial charge in [0.15, 0.2) is 0 Å². The monoisotopic (exact) mass is 376 g/mol. The van der Waals surface area contributed by atoms with Crippen LogP contribution in [0.5, 0.6) is 0 Å². The second-order valence-corrected chi connectivity index (χ2v) is 7.05. The Balaban J connectivity index is 1.86. The molecule has 6 heteroatoms. The van der Waals surface area contributed by atoms with Crippen LogP contribution >= 0.6 is 15.9 Å². The van der Waals surface area contributed by atoms with E-state index in [4.69, 9.17) is 5.73 Å². The van der Waals surface area contributed by atoms with Gasteiger partial charge in [-0.05, 0) is 38.0 Å². The van der Waals surface area contributed by atoms with Crippen LogP contribution in [0.25, 0.3) is 0 Å². The van der Waals surface area contributed by atoms with Gasteiger partial charge < -0.3 is 10.6 Å². The number of carbonyl (C=O) groups excluding carboxylic acids is 1. The number of hydrogen-bond donors (Lipinski definition) is 1. The van der Waals surface area contributed by atoms with E-state index in [0.717, 1.165) is 34.4 Å². The van der Waals surface area contributed by atoms with Gasteiger partial charge in [0.05, 0.1) is 17.8 Å². The highest BCUT2D eigenvalue weighted by Crippen LogP contribution is 2.20. The zero-order chi connectivity index (χ0) is 16.6. The summed E-state index contributed by atoms with van der Waals surface area (Å²) in [6.07, 6.45) is 0.871. The van der Waals surface area contributed by atoms with Crippen molar-refractivity contribution in [1.82, 2.24) is 14.7 Å². The van der Waals surface area contributed by atoms with E-state index in [1.54, 1.807) is 0 Å². The van der Waals surface area contributed by atoms with E-state index in [9.17, 15) is 4.79 Å². The Kier molecular flexibility index (Phi) is 4.55. The minimum Gasteiger partial charge on any atom is -0.337 e. The number of halogens is 1. The third-order valence-corrected chi connectivity index (χ3v) is 4.82. The van der Waals surface area contributed by atoms with E-state index in [2.05, 4.69) is 33.2 Å². The Morgan fingerprint density at radius 2 is 2.22 bits per heavy atom. The lowest BCUT2D eigenvalue weighted by Gasteiger charge is -2.16. The molecule has 1 saturated heterocycles. The fraction of sp³-hybridized carbons (Fsp3) is 0.412. The fourth-order valence-electron chi connectivity index (χ4n) is 3.10.